The van der Waals surface area contributed by atoms with Gasteiger partial charge in [0, 0.05) is 28.1 Å². The minimum absolute atomic E-state index is 0.00381. The number of sulfonamides is 1. The van der Waals surface area contributed by atoms with Crippen LogP contribution in [0.3, 0.4) is 0 Å². The monoisotopic (exact) mass is 430 g/mol. The SMILES string of the molecule is Cc1ccc(Cl)cc1NC(=O)CCNS(=O)(=O)c1ccc(Br)cc1. The Kier molecular flexibility index (Phi) is 6.40. The number of carbonyl (C=O) groups excluding carboxylic acids is 1. The molecule has 1 amide bonds. The summed E-state index contributed by atoms with van der Waals surface area (Å²) in [4.78, 5) is 12.1. The van der Waals surface area contributed by atoms with Gasteiger partial charge in [0.25, 0.3) is 0 Å². The Hall–Kier alpha value is -1.41. The Morgan fingerprint density at radius 2 is 1.83 bits per heavy atom. The average molecular weight is 432 g/mol. The number of nitrogens with one attached hydrogen (secondary N) is 2. The van der Waals surface area contributed by atoms with Crippen molar-refractivity contribution < 1.29 is 13.2 Å². The van der Waals surface area contributed by atoms with Crippen LogP contribution in [0.25, 0.3) is 0 Å². The molecule has 0 atom stereocenters. The maximum absolute atomic E-state index is 12.1. The van der Waals surface area contributed by atoms with Crippen molar-refractivity contribution in [2.24, 2.45) is 0 Å². The van der Waals surface area contributed by atoms with E-state index in [4.69, 9.17) is 11.6 Å². The summed E-state index contributed by atoms with van der Waals surface area (Å²) in [6.45, 7) is 1.85. The van der Waals surface area contributed by atoms with Gasteiger partial charge in [-0.15, -0.1) is 0 Å². The number of amides is 1. The summed E-state index contributed by atoms with van der Waals surface area (Å²) in [5.74, 6) is -0.293. The topological polar surface area (TPSA) is 75.3 Å². The van der Waals surface area contributed by atoms with Crippen LogP contribution in [0.15, 0.2) is 51.8 Å². The Morgan fingerprint density at radius 3 is 2.50 bits per heavy atom. The summed E-state index contributed by atoms with van der Waals surface area (Å²) in [5, 5.41) is 3.24. The van der Waals surface area contributed by atoms with Crippen molar-refractivity contribution in [1.82, 2.24) is 4.72 Å². The summed E-state index contributed by atoms with van der Waals surface area (Å²) < 4.78 is 27.4. The van der Waals surface area contributed by atoms with Crippen molar-refractivity contribution in [3.8, 4) is 0 Å². The van der Waals surface area contributed by atoms with Crippen LogP contribution in [0.2, 0.25) is 5.02 Å². The van der Waals surface area contributed by atoms with Crippen molar-refractivity contribution in [2.75, 3.05) is 11.9 Å². The van der Waals surface area contributed by atoms with Gasteiger partial charge in [-0.2, -0.15) is 0 Å². The average Bonchev–Trinajstić information content (AvgIpc) is 2.51. The third-order valence-electron chi connectivity index (χ3n) is 3.24. The zero-order valence-electron chi connectivity index (χ0n) is 12.8. The normalized spacial score (nSPS) is 11.3. The maximum Gasteiger partial charge on any atom is 0.240 e. The smallest absolute Gasteiger partial charge is 0.240 e. The number of rotatable bonds is 6. The van der Waals surface area contributed by atoms with Crippen LogP contribution >= 0.6 is 27.5 Å². The molecule has 2 rings (SSSR count). The first kappa shape index (κ1) is 18.9. The fraction of sp³-hybridized carbons (Fsp3) is 0.188. The minimum atomic E-state index is -3.63. The summed E-state index contributed by atoms with van der Waals surface area (Å²) in [6.07, 6.45) is 0.0156. The highest BCUT2D eigenvalue weighted by Gasteiger charge is 2.14. The van der Waals surface area contributed by atoms with Gasteiger partial charge in [-0.05, 0) is 48.9 Å². The van der Waals surface area contributed by atoms with Crippen molar-refractivity contribution in [1.29, 1.82) is 0 Å². The second-order valence-corrected chi connectivity index (χ2v) is 8.23. The fourth-order valence-corrected chi connectivity index (χ4v) is 3.41. The van der Waals surface area contributed by atoms with E-state index in [-0.39, 0.29) is 23.8 Å². The number of halogens is 2. The molecule has 0 bridgehead atoms. The maximum atomic E-state index is 12.1. The number of hydrogen-bond donors (Lipinski definition) is 2. The van der Waals surface area contributed by atoms with E-state index in [1.54, 1.807) is 30.3 Å². The molecule has 0 saturated heterocycles. The first-order valence-corrected chi connectivity index (χ1v) is 9.74. The molecular weight excluding hydrogens is 416 g/mol. The molecule has 0 spiro atoms. The van der Waals surface area contributed by atoms with Crippen molar-refractivity contribution >= 4 is 49.1 Å². The molecule has 0 radical (unpaired) electrons. The molecule has 0 heterocycles. The molecule has 0 aliphatic carbocycles. The summed E-state index contributed by atoms with van der Waals surface area (Å²) in [7, 11) is -3.63. The van der Waals surface area contributed by atoms with E-state index >= 15 is 0 Å². The van der Waals surface area contributed by atoms with Gasteiger partial charge in [0.2, 0.25) is 15.9 Å². The summed E-state index contributed by atoms with van der Waals surface area (Å²) >= 11 is 9.15. The summed E-state index contributed by atoms with van der Waals surface area (Å²) in [6, 6.07) is 11.4. The first-order chi connectivity index (χ1) is 11.3. The lowest BCUT2D eigenvalue weighted by Gasteiger charge is -2.10. The standard InChI is InChI=1S/C16H16BrClN2O3S/c1-11-2-5-13(18)10-15(11)20-16(21)8-9-19-24(22,23)14-6-3-12(17)4-7-14/h2-7,10,19H,8-9H2,1H3,(H,20,21). The van der Waals surface area contributed by atoms with E-state index in [0.29, 0.717) is 10.7 Å². The third-order valence-corrected chi connectivity index (χ3v) is 5.48. The van der Waals surface area contributed by atoms with E-state index in [0.717, 1.165) is 10.0 Å². The molecular formula is C16H16BrClN2O3S. The highest BCUT2D eigenvalue weighted by atomic mass is 79.9. The third kappa shape index (κ3) is 5.31. The van der Waals surface area contributed by atoms with Crippen LogP contribution in [-0.2, 0) is 14.8 Å². The summed E-state index contributed by atoms with van der Waals surface area (Å²) in [5.41, 5.74) is 1.49. The van der Waals surface area contributed by atoms with Gasteiger partial charge in [0.15, 0.2) is 0 Å². The van der Waals surface area contributed by atoms with Gasteiger partial charge in [-0.3, -0.25) is 4.79 Å². The van der Waals surface area contributed by atoms with Gasteiger partial charge < -0.3 is 5.32 Å². The fourth-order valence-electron chi connectivity index (χ4n) is 1.94. The first-order valence-electron chi connectivity index (χ1n) is 7.09. The van der Waals surface area contributed by atoms with E-state index in [9.17, 15) is 13.2 Å². The molecule has 0 aliphatic rings. The minimum Gasteiger partial charge on any atom is -0.326 e. The molecule has 2 aromatic carbocycles. The van der Waals surface area contributed by atoms with Crippen LogP contribution in [-0.4, -0.2) is 20.9 Å². The molecule has 128 valence electrons. The lowest BCUT2D eigenvalue weighted by molar-refractivity contribution is -0.116. The van der Waals surface area contributed by atoms with E-state index in [1.165, 1.54) is 12.1 Å². The Bertz CT molecular complexity index is 839. The van der Waals surface area contributed by atoms with Gasteiger partial charge in [-0.1, -0.05) is 33.6 Å². The van der Waals surface area contributed by atoms with Gasteiger partial charge in [0.05, 0.1) is 4.90 Å². The Balaban J connectivity index is 1.90. The van der Waals surface area contributed by atoms with Crippen LogP contribution in [0.1, 0.15) is 12.0 Å². The predicted octanol–water partition coefficient (Wildman–Crippen LogP) is 3.72. The Morgan fingerprint density at radius 1 is 1.17 bits per heavy atom. The second kappa shape index (κ2) is 8.11. The van der Waals surface area contributed by atoms with Gasteiger partial charge >= 0.3 is 0 Å². The van der Waals surface area contributed by atoms with Gasteiger partial charge in [0.1, 0.15) is 0 Å². The van der Waals surface area contributed by atoms with Crippen molar-refractivity contribution in [3.63, 3.8) is 0 Å². The van der Waals surface area contributed by atoms with Gasteiger partial charge in [-0.25, -0.2) is 13.1 Å². The number of carbonyl (C=O) groups is 1. The molecule has 0 saturated carbocycles. The molecule has 0 fully saturated rings. The van der Waals surface area contributed by atoms with E-state index in [2.05, 4.69) is 26.0 Å². The molecule has 2 aromatic rings. The van der Waals surface area contributed by atoms with Crippen LogP contribution in [0.5, 0.6) is 0 Å². The van der Waals surface area contributed by atoms with Crippen LogP contribution in [0.4, 0.5) is 5.69 Å². The van der Waals surface area contributed by atoms with E-state index in [1.807, 2.05) is 6.92 Å². The van der Waals surface area contributed by atoms with Crippen LogP contribution < -0.4 is 10.0 Å². The Labute approximate surface area is 154 Å². The van der Waals surface area contributed by atoms with Crippen LogP contribution in [0, 0.1) is 6.92 Å². The van der Waals surface area contributed by atoms with Crippen molar-refractivity contribution in [2.45, 2.75) is 18.2 Å². The molecule has 0 aromatic heterocycles. The second-order valence-electron chi connectivity index (χ2n) is 5.11. The molecule has 24 heavy (non-hydrogen) atoms. The zero-order valence-corrected chi connectivity index (χ0v) is 16.0. The number of anilines is 1. The molecule has 0 unspecified atom stereocenters. The molecule has 2 N–H and O–H groups in total. The predicted molar refractivity (Wildman–Crippen MR) is 98.8 cm³/mol. The van der Waals surface area contributed by atoms with E-state index < -0.39 is 10.0 Å². The quantitative estimate of drug-likeness (QED) is 0.732. The molecule has 5 nitrogen and oxygen atoms in total. The molecule has 8 heteroatoms. The van der Waals surface area contributed by atoms with Crippen molar-refractivity contribution in [3.05, 3.63) is 57.5 Å². The number of aryl methyl sites for hydroxylation is 1. The zero-order chi connectivity index (χ0) is 17.7. The number of benzene rings is 2. The largest absolute Gasteiger partial charge is 0.326 e. The lowest BCUT2D eigenvalue weighted by Crippen LogP contribution is -2.27. The number of hydrogen-bond acceptors (Lipinski definition) is 3. The highest BCUT2D eigenvalue weighted by Crippen LogP contribution is 2.20. The lowest BCUT2D eigenvalue weighted by atomic mass is 10.2. The highest BCUT2D eigenvalue weighted by molar-refractivity contribution is 9.10. The molecule has 0 aliphatic heterocycles.